The van der Waals surface area contributed by atoms with Crippen molar-refractivity contribution in [1.82, 2.24) is 19.5 Å². The topological polar surface area (TPSA) is 99.9 Å². The van der Waals surface area contributed by atoms with Crippen LogP contribution in [0.25, 0.3) is 94.7 Å². The molecule has 0 unspecified atom stereocenters. The standard InChI is InChI=1S/C45H27N5O3/c51-50(52)39-21-11-8-18-32(39)36-27-30(45-47-43(28-13-3-1-4-14-28)46-44(48-45)29-15-5-2-6-16-29)23-26-38(36)49-37-20-10-7-17-31(37)34-24-25-35-33-19-9-12-22-40(33)53-42(35)41(34)49/h1-27H. The number of nitro groups is 1. The summed E-state index contributed by atoms with van der Waals surface area (Å²) < 4.78 is 8.78. The van der Waals surface area contributed by atoms with Crippen molar-refractivity contribution >= 4 is 49.4 Å². The quantitative estimate of drug-likeness (QED) is 0.128. The zero-order valence-corrected chi connectivity index (χ0v) is 28.0. The third-order valence-electron chi connectivity index (χ3n) is 9.77. The smallest absolute Gasteiger partial charge is 0.277 e. The first kappa shape index (κ1) is 30.4. The van der Waals surface area contributed by atoms with Gasteiger partial charge in [-0.3, -0.25) is 10.1 Å². The summed E-state index contributed by atoms with van der Waals surface area (Å²) in [4.78, 5) is 27.1. The summed E-state index contributed by atoms with van der Waals surface area (Å²) in [7, 11) is 0. The van der Waals surface area contributed by atoms with Gasteiger partial charge in [0.15, 0.2) is 23.1 Å². The van der Waals surface area contributed by atoms with Crippen molar-refractivity contribution in [3.63, 3.8) is 0 Å². The van der Waals surface area contributed by atoms with Gasteiger partial charge in [-0.1, -0.05) is 115 Å². The maximum absolute atomic E-state index is 12.6. The molecule has 0 spiro atoms. The van der Waals surface area contributed by atoms with Crippen LogP contribution >= 0.6 is 0 Å². The van der Waals surface area contributed by atoms with Crippen LogP contribution in [0.2, 0.25) is 0 Å². The molecule has 3 aromatic heterocycles. The highest BCUT2D eigenvalue weighted by atomic mass is 16.6. The largest absolute Gasteiger partial charge is 0.454 e. The molecule has 0 saturated heterocycles. The summed E-state index contributed by atoms with van der Waals surface area (Å²) in [6.07, 6.45) is 0. The van der Waals surface area contributed by atoms with E-state index in [1.807, 2.05) is 115 Å². The Balaban J connectivity index is 1.29. The highest BCUT2D eigenvalue weighted by Crippen LogP contribution is 2.44. The van der Waals surface area contributed by atoms with Crippen LogP contribution < -0.4 is 0 Å². The fourth-order valence-electron chi connectivity index (χ4n) is 7.37. The van der Waals surface area contributed by atoms with Gasteiger partial charge in [0.05, 0.1) is 27.2 Å². The molecule has 53 heavy (non-hydrogen) atoms. The second-order valence-corrected chi connectivity index (χ2v) is 12.8. The van der Waals surface area contributed by atoms with Crippen LogP contribution in [0.1, 0.15) is 0 Å². The Morgan fingerprint density at radius 2 is 1.09 bits per heavy atom. The normalized spacial score (nSPS) is 11.5. The highest BCUT2D eigenvalue weighted by Gasteiger charge is 2.24. The molecule has 10 rings (SSSR count). The molecule has 250 valence electrons. The van der Waals surface area contributed by atoms with Gasteiger partial charge >= 0.3 is 0 Å². The van der Waals surface area contributed by atoms with Gasteiger partial charge in [-0.25, -0.2) is 15.0 Å². The summed E-state index contributed by atoms with van der Waals surface area (Å²) >= 11 is 0. The summed E-state index contributed by atoms with van der Waals surface area (Å²) in [5, 5.41) is 16.7. The van der Waals surface area contributed by atoms with Gasteiger partial charge in [0, 0.05) is 49.9 Å². The van der Waals surface area contributed by atoms with Gasteiger partial charge < -0.3 is 8.98 Å². The van der Waals surface area contributed by atoms with E-state index in [0.717, 1.165) is 60.6 Å². The lowest BCUT2D eigenvalue weighted by Gasteiger charge is -2.16. The average molecular weight is 686 g/mol. The van der Waals surface area contributed by atoms with Crippen molar-refractivity contribution in [2.75, 3.05) is 0 Å². The van der Waals surface area contributed by atoms with E-state index in [4.69, 9.17) is 19.4 Å². The molecule has 8 heteroatoms. The minimum Gasteiger partial charge on any atom is -0.454 e. The molecule has 0 N–H and O–H groups in total. The molecule has 0 aliphatic heterocycles. The van der Waals surface area contributed by atoms with Crippen LogP contribution in [0, 0.1) is 10.1 Å². The van der Waals surface area contributed by atoms with Gasteiger partial charge in [-0.05, 0) is 42.5 Å². The third kappa shape index (κ3) is 4.96. The number of nitrogens with zero attached hydrogens (tertiary/aromatic N) is 5. The van der Waals surface area contributed by atoms with Crippen molar-refractivity contribution in [2.45, 2.75) is 0 Å². The van der Waals surface area contributed by atoms with E-state index >= 15 is 0 Å². The fraction of sp³-hybridized carbons (Fsp3) is 0. The molecule has 7 aromatic carbocycles. The molecule has 0 aliphatic rings. The van der Waals surface area contributed by atoms with E-state index in [2.05, 4.69) is 34.9 Å². The first-order chi connectivity index (χ1) is 26.1. The molecule has 8 nitrogen and oxygen atoms in total. The molecule has 0 saturated carbocycles. The Kier molecular flexibility index (Phi) is 6.94. The van der Waals surface area contributed by atoms with Crippen molar-refractivity contribution in [2.24, 2.45) is 0 Å². The SMILES string of the molecule is O=[N+]([O-])c1ccccc1-c1cc(-c2nc(-c3ccccc3)nc(-c3ccccc3)n2)ccc1-n1c2ccccc2c2ccc3c4ccccc4oc3c21. The number of fused-ring (bicyclic) bond motifs is 7. The lowest BCUT2D eigenvalue weighted by Crippen LogP contribution is -2.02. The minimum absolute atomic E-state index is 0.00820. The van der Waals surface area contributed by atoms with Crippen molar-refractivity contribution in [3.05, 3.63) is 174 Å². The van der Waals surface area contributed by atoms with Crippen LogP contribution in [-0.2, 0) is 0 Å². The predicted octanol–water partition coefficient (Wildman–Crippen LogP) is 11.4. The molecule has 0 aliphatic carbocycles. The van der Waals surface area contributed by atoms with Crippen LogP contribution in [0.5, 0.6) is 0 Å². The summed E-state index contributed by atoms with van der Waals surface area (Å²) in [6.45, 7) is 0. The number of nitro benzene ring substituents is 1. The maximum Gasteiger partial charge on any atom is 0.277 e. The molecular weight excluding hydrogens is 659 g/mol. The fourth-order valence-corrected chi connectivity index (χ4v) is 7.37. The number of aromatic nitrogens is 4. The molecule has 3 heterocycles. The van der Waals surface area contributed by atoms with Crippen LogP contribution in [-0.4, -0.2) is 24.4 Å². The molecule has 10 aromatic rings. The lowest BCUT2D eigenvalue weighted by molar-refractivity contribution is -0.384. The molecule has 0 amide bonds. The zero-order chi connectivity index (χ0) is 35.5. The summed E-state index contributed by atoms with van der Waals surface area (Å²) in [5.74, 6) is 1.51. The first-order valence-electron chi connectivity index (χ1n) is 17.2. The number of rotatable bonds is 6. The number of hydrogen-bond donors (Lipinski definition) is 0. The Hall–Kier alpha value is -7.45. The maximum atomic E-state index is 12.6. The monoisotopic (exact) mass is 685 g/mol. The Morgan fingerprint density at radius 1 is 0.509 bits per heavy atom. The lowest BCUT2D eigenvalue weighted by atomic mass is 9.98. The molecule has 0 atom stereocenters. The van der Waals surface area contributed by atoms with Gasteiger partial charge in [0.25, 0.3) is 5.69 Å². The zero-order valence-electron chi connectivity index (χ0n) is 28.0. The number of para-hydroxylation sites is 3. The van der Waals surface area contributed by atoms with E-state index in [0.29, 0.717) is 34.2 Å². The first-order valence-corrected chi connectivity index (χ1v) is 17.2. The van der Waals surface area contributed by atoms with E-state index in [9.17, 15) is 10.1 Å². The second-order valence-electron chi connectivity index (χ2n) is 12.8. The van der Waals surface area contributed by atoms with Gasteiger partial charge in [-0.2, -0.15) is 0 Å². The third-order valence-corrected chi connectivity index (χ3v) is 9.77. The number of hydrogen-bond acceptors (Lipinski definition) is 6. The average Bonchev–Trinajstić information content (AvgIpc) is 3.77. The Bertz CT molecular complexity index is 2980. The van der Waals surface area contributed by atoms with E-state index in [1.54, 1.807) is 18.2 Å². The second kappa shape index (κ2) is 12.1. The predicted molar refractivity (Wildman–Crippen MR) is 210 cm³/mol. The summed E-state index contributed by atoms with van der Waals surface area (Å²) in [6, 6.07) is 52.9. The van der Waals surface area contributed by atoms with Gasteiger partial charge in [0.1, 0.15) is 5.58 Å². The molecular formula is C45H27N5O3. The number of furan rings is 1. The van der Waals surface area contributed by atoms with Gasteiger partial charge in [0.2, 0.25) is 0 Å². The van der Waals surface area contributed by atoms with Crippen LogP contribution in [0.3, 0.4) is 0 Å². The summed E-state index contributed by atoms with van der Waals surface area (Å²) in [5.41, 5.74) is 7.61. The highest BCUT2D eigenvalue weighted by molar-refractivity contribution is 6.21. The Labute approximate surface area is 302 Å². The van der Waals surface area contributed by atoms with Crippen LogP contribution in [0.4, 0.5) is 5.69 Å². The molecule has 0 radical (unpaired) electrons. The van der Waals surface area contributed by atoms with E-state index in [-0.39, 0.29) is 10.6 Å². The van der Waals surface area contributed by atoms with E-state index < -0.39 is 0 Å². The molecule has 0 bridgehead atoms. The molecule has 0 fully saturated rings. The minimum atomic E-state index is -0.334. The van der Waals surface area contributed by atoms with E-state index in [1.165, 1.54) is 0 Å². The van der Waals surface area contributed by atoms with Gasteiger partial charge in [-0.15, -0.1) is 0 Å². The van der Waals surface area contributed by atoms with Crippen molar-refractivity contribution in [1.29, 1.82) is 0 Å². The van der Waals surface area contributed by atoms with Crippen molar-refractivity contribution in [3.8, 4) is 51.0 Å². The Morgan fingerprint density at radius 3 is 1.81 bits per heavy atom. The number of benzene rings is 7. The van der Waals surface area contributed by atoms with Crippen LogP contribution in [0.15, 0.2) is 168 Å². The van der Waals surface area contributed by atoms with Crippen molar-refractivity contribution < 1.29 is 9.34 Å².